The molecule has 0 saturated carbocycles. The number of amides is 1. The van der Waals surface area contributed by atoms with E-state index in [1.165, 1.54) is 5.56 Å². The van der Waals surface area contributed by atoms with E-state index >= 15 is 0 Å². The lowest BCUT2D eigenvalue weighted by Gasteiger charge is -2.06. The van der Waals surface area contributed by atoms with Gasteiger partial charge in [-0.2, -0.15) is 9.61 Å². The lowest BCUT2D eigenvalue weighted by molar-refractivity contribution is -0.120. The number of halogens is 1. The number of rotatable bonds is 5. The van der Waals surface area contributed by atoms with Crippen LogP contribution in [0.3, 0.4) is 0 Å². The van der Waals surface area contributed by atoms with Gasteiger partial charge in [-0.1, -0.05) is 53.6 Å². The highest BCUT2D eigenvalue weighted by Gasteiger charge is 2.11. The monoisotopic (exact) mass is 391 g/mol. The highest BCUT2D eigenvalue weighted by molar-refractivity contribution is 6.30. The van der Waals surface area contributed by atoms with Gasteiger partial charge in [-0.3, -0.25) is 4.79 Å². The van der Waals surface area contributed by atoms with Crippen LogP contribution >= 0.6 is 11.6 Å². The van der Waals surface area contributed by atoms with Crippen molar-refractivity contribution in [2.75, 3.05) is 0 Å². The Morgan fingerprint density at radius 2 is 1.89 bits per heavy atom. The van der Waals surface area contributed by atoms with Crippen LogP contribution in [0, 0.1) is 6.92 Å². The molecule has 2 aromatic carbocycles. The third-order valence-electron chi connectivity index (χ3n) is 4.37. The molecule has 140 valence electrons. The largest absolute Gasteiger partial charge is 0.348 e. The zero-order valence-corrected chi connectivity index (χ0v) is 16.0. The summed E-state index contributed by atoms with van der Waals surface area (Å²) in [5.74, 6) is 0.456. The van der Waals surface area contributed by atoms with E-state index in [1.54, 1.807) is 16.6 Å². The van der Waals surface area contributed by atoms with E-state index in [1.807, 2.05) is 55.5 Å². The Morgan fingerprint density at radius 3 is 2.68 bits per heavy atom. The van der Waals surface area contributed by atoms with Crippen molar-refractivity contribution in [3.05, 3.63) is 82.6 Å². The van der Waals surface area contributed by atoms with Gasteiger partial charge in [0.25, 0.3) is 0 Å². The predicted molar refractivity (Wildman–Crippen MR) is 108 cm³/mol. The Labute approximate surface area is 167 Å². The van der Waals surface area contributed by atoms with Crippen LogP contribution in [0.1, 0.15) is 17.0 Å². The number of carbonyl (C=O) groups excluding carboxylic acids is 1. The minimum absolute atomic E-state index is 0.117. The van der Waals surface area contributed by atoms with E-state index in [-0.39, 0.29) is 18.9 Å². The van der Waals surface area contributed by atoms with Gasteiger partial charge in [-0.25, -0.2) is 0 Å². The molecular weight excluding hydrogens is 374 g/mol. The van der Waals surface area contributed by atoms with Gasteiger partial charge < -0.3 is 5.32 Å². The van der Waals surface area contributed by atoms with Crippen molar-refractivity contribution in [3.63, 3.8) is 0 Å². The number of fused-ring (bicyclic) bond motifs is 1. The van der Waals surface area contributed by atoms with Crippen LogP contribution < -0.4 is 5.32 Å². The Kier molecular flexibility index (Phi) is 5.04. The summed E-state index contributed by atoms with van der Waals surface area (Å²) < 4.78 is 1.66. The number of nitrogens with one attached hydrogen (secondary N) is 1. The van der Waals surface area contributed by atoms with Gasteiger partial charge in [0, 0.05) is 10.6 Å². The van der Waals surface area contributed by atoms with Gasteiger partial charge in [0.15, 0.2) is 11.5 Å². The first-order valence-electron chi connectivity index (χ1n) is 8.88. The number of hydrogen-bond donors (Lipinski definition) is 1. The fraction of sp³-hybridized carbons (Fsp3) is 0.143. The van der Waals surface area contributed by atoms with Gasteiger partial charge in [0.1, 0.15) is 0 Å². The lowest BCUT2D eigenvalue weighted by Crippen LogP contribution is -2.25. The SMILES string of the molecule is Cc1ccc(-c2ccc3nnc(CNC(=O)Cc4cccc(Cl)c4)n3n2)cc1. The first-order valence-corrected chi connectivity index (χ1v) is 9.26. The molecule has 2 heterocycles. The van der Waals surface area contributed by atoms with Crippen molar-refractivity contribution >= 4 is 23.2 Å². The molecule has 4 rings (SSSR count). The van der Waals surface area contributed by atoms with E-state index in [0.29, 0.717) is 16.5 Å². The van der Waals surface area contributed by atoms with Crippen molar-refractivity contribution in [2.45, 2.75) is 19.9 Å². The van der Waals surface area contributed by atoms with E-state index < -0.39 is 0 Å². The van der Waals surface area contributed by atoms with Crippen molar-refractivity contribution in [2.24, 2.45) is 0 Å². The number of nitrogens with zero attached hydrogens (tertiary/aromatic N) is 4. The maximum absolute atomic E-state index is 12.2. The van der Waals surface area contributed by atoms with Gasteiger partial charge in [0.2, 0.25) is 5.91 Å². The summed E-state index contributed by atoms with van der Waals surface area (Å²) in [7, 11) is 0. The molecule has 0 aliphatic rings. The Bertz CT molecular complexity index is 1140. The highest BCUT2D eigenvalue weighted by atomic mass is 35.5. The molecule has 0 aliphatic carbocycles. The van der Waals surface area contributed by atoms with Gasteiger partial charge in [0.05, 0.1) is 18.7 Å². The molecule has 0 radical (unpaired) electrons. The molecule has 0 bridgehead atoms. The van der Waals surface area contributed by atoms with E-state index in [2.05, 4.69) is 20.6 Å². The van der Waals surface area contributed by atoms with Gasteiger partial charge >= 0.3 is 0 Å². The molecule has 0 spiro atoms. The molecule has 1 amide bonds. The molecule has 0 atom stereocenters. The normalized spacial score (nSPS) is 10.9. The minimum Gasteiger partial charge on any atom is -0.348 e. The number of aromatic nitrogens is 4. The maximum Gasteiger partial charge on any atom is 0.224 e. The van der Waals surface area contributed by atoms with Crippen LogP contribution in [-0.2, 0) is 17.8 Å². The summed E-state index contributed by atoms with van der Waals surface area (Å²) in [4.78, 5) is 12.2. The quantitative estimate of drug-likeness (QED) is 0.564. The number of carbonyl (C=O) groups is 1. The van der Waals surface area contributed by atoms with Crippen LogP contribution in [0.5, 0.6) is 0 Å². The second kappa shape index (κ2) is 7.78. The summed E-state index contributed by atoms with van der Waals surface area (Å²) in [5.41, 5.74) is 4.51. The Balaban J connectivity index is 1.50. The molecule has 28 heavy (non-hydrogen) atoms. The van der Waals surface area contributed by atoms with Crippen LogP contribution in [-0.4, -0.2) is 25.7 Å². The molecule has 6 nitrogen and oxygen atoms in total. The second-order valence-electron chi connectivity index (χ2n) is 6.55. The second-order valence-corrected chi connectivity index (χ2v) is 6.99. The predicted octanol–water partition coefficient (Wildman–Crippen LogP) is 3.61. The fourth-order valence-corrected chi connectivity index (χ4v) is 3.11. The summed E-state index contributed by atoms with van der Waals surface area (Å²) in [6.07, 6.45) is 0.249. The molecule has 1 N–H and O–H groups in total. The Hall–Kier alpha value is -3.25. The zero-order chi connectivity index (χ0) is 19.5. The fourth-order valence-electron chi connectivity index (χ4n) is 2.89. The minimum atomic E-state index is -0.117. The number of benzene rings is 2. The van der Waals surface area contributed by atoms with Gasteiger partial charge in [-0.05, 0) is 36.8 Å². The average Bonchev–Trinajstić information content (AvgIpc) is 3.09. The van der Waals surface area contributed by atoms with Crippen molar-refractivity contribution < 1.29 is 4.79 Å². The van der Waals surface area contributed by atoms with Crippen LogP contribution in [0.4, 0.5) is 0 Å². The molecule has 0 aliphatic heterocycles. The summed E-state index contributed by atoms with van der Waals surface area (Å²) in [6, 6.07) is 19.2. The van der Waals surface area contributed by atoms with Crippen LogP contribution in [0.2, 0.25) is 5.02 Å². The summed E-state index contributed by atoms with van der Waals surface area (Å²) in [5, 5.41) is 16.4. The molecule has 2 aromatic heterocycles. The molecule has 4 aromatic rings. The summed E-state index contributed by atoms with van der Waals surface area (Å²) in [6.45, 7) is 2.29. The van der Waals surface area contributed by atoms with Crippen molar-refractivity contribution in [3.8, 4) is 11.3 Å². The maximum atomic E-state index is 12.2. The molecular formula is C21H18ClN5O. The first kappa shape index (κ1) is 18.1. The first-order chi connectivity index (χ1) is 13.6. The van der Waals surface area contributed by atoms with Gasteiger partial charge in [-0.15, -0.1) is 10.2 Å². The third kappa shape index (κ3) is 4.02. The van der Waals surface area contributed by atoms with E-state index in [9.17, 15) is 4.79 Å². The lowest BCUT2D eigenvalue weighted by atomic mass is 10.1. The van der Waals surface area contributed by atoms with Crippen LogP contribution in [0.15, 0.2) is 60.7 Å². The van der Waals surface area contributed by atoms with Crippen molar-refractivity contribution in [1.82, 2.24) is 25.1 Å². The van der Waals surface area contributed by atoms with E-state index in [4.69, 9.17) is 11.6 Å². The Morgan fingerprint density at radius 1 is 1.07 bits per heavy atom. The van der Waals surface area contributed by atoms with E-state index in [0.717, 1.165) is 16.8 Å². The zero-order valence-electron chi connectivity index (χ0n) is 15.3. The average molecular weight is 392 g/mol. The smallest absolute Gasteiger partial charge is 0.224 e. The molecule has 0 saturated heterocycles. The summed E-state index contributed by atoms with van der Waals surface area (Å²) >= 11 is 5.96. The van der Waals surface area contributed by atoms with Crippen LogP contribution in [0.25, 0.3) is 16.9 Å². The standard InChI is InChI=1S/C21H18ClN5O/c1-14-5-7-16(8-6-14)18-9-10-19-24-25-20(27(19)26-18)13-23-21(28)12-15-3-2-4-17(22)11-15/h2-11H,12-13H2,1H3,(H,23,28). The number of hydrogen-bond acceptors (Lipinski definition) is 4. The number of aryl methyl sites for hydroxylation is 1. The molecule has 0 unspecified atom stereocenters. The molecule has 7 heteroatoms. The molecule has 0 fully saturated rings. The third-order valence-corrected chi connectivity index (χ3v) is 4.61. The highest BCUT2D eigenvalue weighted by Crippen LogP contribution is 2.18. The topological polar surface area (TPSA) is 72.2 Å². The van der Waals surface area contributed by atoms with Crippen molar-refractivity contribution in [1.29, 1.82) is 0 Å².